The number of fused-ring (bicyclic) bond motifs is 3. The van der Waals surface area contributed by atoms with Gasteiger partial charge in [0.1, 0.15) is 49.4 Å². The van der Waals surface area contributed by atoms with Crippen LogP contribution >= 0.6 is 0 Å². The Morgan fingerprint density at radius 3 is 2.37 bits per heavy atom. The highest BCUT2D eigenvalue weighted by Gasteiger charge is 2.49. The predicted octanol–water partition coefficient (Wildman–Crippen LogP) is 8.87. The Morgan fingerprint density at radius 1 is 0.980 bits per heavy atom. The first kappa shape index (κ1) is 35.5. The Balaban J connectivity index is 1.41. The van der Waals surface area contributed by atoms with Crippen LogP contribution in [0.5, 0.6) is 11.8 Å². The van der Waals surface area contributed by atoms with Crippen molar-refractivity contribution in [2.75, 3.05) is 37.7 Å². The van der Waals surface area contributed by atoms with Crippen LogP contribution in [0.2, 0.25) is 16.6 Å². The number of hydrogen-bond acceptors (Lipinski definition) is 7. The molecule has 0 aliphatic carbocycles. The number of halogens is 3. The number of pyridine rings is 1. The second-order valence-corrected chi connectivity index (χ2v) is 21.4. The van der Waals surface area contributed by atoms with Crippen molar-refractivity contribution in [3.05, 3.63) is 47.2 Å². The minimum Gasteiger partial charge on any atom is -0.508 e. The highest BCUT2D eigenvalue weighted by molar-refractivity contribution is 6.90. The van der Waals surface area contributed by atoms with E-state index in [1.54, 1.807) is 19.1 Å². The van der Waals surface area contributed by atoms with E-state index in [0.717, 1.165) is 38.9 Å². The molecule has 3 aliphatic rings. The van der Waals surface area contributed by atoms with Crippen LogP contribution in [0, 0.1) is 30.0 Å². The molecule has 4 aromatic rings. The molecule has 0 saturated carbocycles. The second-order valence-electron chi connectivity index (χ2n) is 15.8. The van der Waals surface area contributed by atoms with Gasteiger partial charge in [0.05, 0.1) is 22.2 Å². The predicted molar refractivity (Wildman–Crippen MR) is 200 cm³/mol. The van der Waals surface area contributed by atoms with E-state index < -0.39 is 31.4 Å². The summed E-state index contributed by atoms with van der Waals surface area (Å²) in [6, 6.07) is 5.93. The molecule has 0 unspecified atom stereocenters. The van der Waals surface area contributed by atoms with Gasteiger partial charge in [-0.1, -0.05) is 53.5 Å². The zero-order valence-electron chi connectivity index (χ0n) is 30.7. The lowest BCUT2D eigenvalue weighted by molar-refractivity contribution is 0.107. The molecule has 3 saturated heterocycles. The van der Waals surface area contributed by atoms with Crippen molar-refractivity contribution < 1.29 is 23.0 Å². The second kappa shape index (κ2) is 13.3. The summed E-state index contributed by atoms with van der Waals surface area (Å²) < 4.78 is 53.9. The third-order valence-corrected chi connectivity index (χ3v) is 18.2. The van der Waals surface area contributed by atoms with Crippen LogP contribution in [0.15, 0.2) is 24.3 Å². The third kappa shape index (κ3) is 5.92. The van der Waals surface area contributed by atoms with Crippen LogP contribution in [-0.4, -0.2) is 77.5 Å². The molecular formula is C40H48F3N5O2Si. The van der Waals surface area contributed by atoms with Gasteiger partial charge in [0, 0.05) is 37.0 Å². The molecule has 5 heterocycles. The number of benzene rings is 2. The highest BCUT2D eigenvalue weighted by Crippen LogP contribution is 2.44. The van der Waals surface area contributed by atoms with Gasteiger partial charge in [-0.15, -0.1) is 5.54 Å². The molecule has 3 fully saturated rings. The molecule has 0 radical (unpaired) electrons. The summed E-state index contributed by atoms with van der Waals surface area (Å²) in [6.45, 7) is 17.9. The van der Waals surface area contributed by atoms with Gasteiger partial charge in [-0.05, 0) is 72.9 Å². The SMILES string of the molecule is Cc1nc(-c2cc(O)cc3ccc(F)c(C#C[Si](C(C)C)(C(C)C)C(C)C)c23)c(F)c2nc(OC[C@@]34CCCN3C[C@H](F)C4)nc(N3CCC3)c12. The molecule has 0 spiro atoms. The molecule has 0 amide bonds. The van der Waals surface area contributed by atoms with Crippen LogP contribution in [0.4, 0.5) is 19.0 Å². The maximum atomic E-state index is 17.2. The molecule has 0 bridgehead atoms. The number of anilines is 1. The van der Waals surface area contributed by atoms with Crippen molar-refractivity contribution in [1.29, 1.82) is 0 Å². The molecule has 2 atom stereocenters. The van der Waals surface area contributed by atoms with E-state index in [-0.39, 0.29) is 40.7 Å². The number of phenolic OH excluding ortho intramolecular Hbond substituents is 1. The van der Waals surface area contributed by atoms with Gasteiger partial charge in [0.15, 0.2) is 5.82 Å². The number of aromatic hydroxyl groups is 1. The smallest absolute Gasteiger partial charge is 0.319 e. The third-order valence-electron chi connectivity index (χ3n) is 11.9. The lowest BCUT2D eigenvalue weighted by Crippen LogP contribution is -2.43. The Bertz CT molecular complexity index is 2050. The summed E-state index contributed by atoms with van der Waals surface area (Å²) >= 11 is 0. The number of hydrogen-bond donors (Lipinski definition) is 1. The van der Waals surface area contributed by atoms with E-state index in [9.17, 15) is 9.50 Å². The summed E-state index contributed by atoms with van der Waals surface area (Å²) in [4.78, 5) is 18.4. The average molecular weight is 716 g/mol. The first-order chi connectivity index (χ1) is 24.3. The fourth-order valence-electron chi connectivity index (χ4n) is 9.29. The summed E-state index contributed by atoms with van der Waals surface area (Å²) in [7, 11) is -2.26. The van der Waals surface area contributed by atoms with Crippen molar-refractivity contribution >= 4 is 35.6 Å². The molecule has 11 heteroatoms. The number of alkyl halides is 1. The van der Waals surface area contributed by atoms with Crippen LogP contribution in [0.25, 0.3) is 32.9 Å². The Kier molecular flexibility index (Phi) is 9.24. The minimum absolute atomic E-state index is 0.0269. The number of ether oxygens (including phenoxy) is 1. The quantitative estimate of drug-likeness (QED) is 0.144. The van der Waals surface area contributed by atoms with Crippen LogP contribution in [0.3, 0.4) is 0 Å². The maximum Gasteiger partial charge on any atom is 0.319 e. The molecule has 2 aromatic carbocycles. The molecule has 2 aromatic heterocycles. The first-order valence-electron chi connectivity index (χ1n) is 18.4. The van der Waals surface area contributed by atoms with Crippen LogP contribution in [-0.2, 0) is 0 Å². The standard InChI is InChI=1S/C40H48F3N5O2Si/c1-23(2)51(24(3)4,25(5)6)17-12-30-32(42)11-10-27-18-29(49)19-31(34(27)30)36-35(43)37-33(26(7)44-36)38(47-14-9-15-47)46-39(45-37)50-22-40-13-8-16-48(40)21-28(41)20-40/h10-11,18-19,23-25,28,49H,8-9,13-16,20-22H2,1-7H3/t28-,40+/m1/s1. The summed E-state index contributed by atoms with van der Waals surface area (Å²) in [5.74, 6) is 2.48. The van der Waals surface area contributed by atoms with Crippen molar-refractivity contribution in [3.8, 4) is 34.5 Å². The molecular weight excluding hydrogens is 668 g/mol. The Hall–Kier alpha value is -3.88. The first-order valence-corrected chi connectivity index (χ1v) is 20.6. The topological polar surface area (TPSA) is 74.6 Å². The summed E-state index contributed by atoms with van der Waals surface area (Å²) in [6.07, 6.45) is 2.25. The van der Waals surface area contributed by atoms with E-state index in [1.807, 2.05) is 0 Å². The van der Waals surface area contributed by atoms with E-state index in [0.29, 0.717) is 57.3 Å². The van der Waals surface area contributed by atoms with Crippen molar-refractivity contribution in [1.82, 2.24) is 19.9 Å². The monoisotopic (exact) mass is 715 g/mol. The maximum absolute atomic E-state index is 17.2. The van der Waals surface area contributed by atoms with Gasteiger partial charge < -0.3 is 14.7 Å². The molecule has 7 nitrogen and oxygen atoms in total. The number of nitrogens with zero attached hydrogens (tertiary/aromatic N) is 5. The zero-order valence-corrected chi connectivity index (χ0v) is 31.7. The minimum atomic E-state index is -2.26. The normalized spacial score (nSPS) is 20.8. The fraction of sp³-hybridized carbons (Fsp3) is 0.525. The summed E-state index contributed by atoms with van der Waals surface area (Å²) in [5, 5.41) is 12.3. The lowest BCUT2D eigenvalue weighted by atomic mass is 9.95. The lowest BCUT2D eigenvalue weighted by Gasteiger charge is -2.38. The van der Waals surface area contributed by atoms with E-state index >= 15 is 8.78 Å². The van der Waals surface area contributed by atoms with Gasteiger partial charge >= 0.3 is 6.01 Å². The van der Waals surface area contributed by atoms with E-state index in [4.69, 9.17) is 14.7 Å². The zero-order chi connectivity index (χ0) is 36.4. The van der Waals surface area contributed by atoms with Gasteiger partial charge in [0.25, 0.3) is 0 Å². The molecule has 3 aliphatic heterocycles. The molecule has 1 N–H and O–H groups in total. The van der Waals surface area contributed by atoms with Crippen molar-refractivity contribution in [2.24, 2.45) is 0 Å². The van der Waals surface area contributed by atoms with Gasteiger partial charge in [-0.3, -0.25) is 4.90 Å². The summed E-state index contributed by atoms with van der Waals surface area (Å²) in [5.41, 5.74) is 5.05. The Morgan fingerprint density at radius 2 is 1.71 bits per heavy atom. The largest absolute Gasteiger partial charge is 0.508 e. The van der Waals surface area contributed by atoms with Crippen molar-refractivity contribution in [2.45, 2.75) is 102 Å². The molecule has 51 heavy (non-hydrogen) atoms. The highest BCUT2D eigenvalue weighted by atomic mass is 28.3. The van der Waals surface area contributed by atoms with E-state index in [1.165, 1.54) is 12.1 Å². The molecule has 7 rings (SSSR count). The molecule has 270 valence electrons. The van der Waals surface area contributed by atoms with Crippen LogP contribution < -0.4 is 9.64 Å². The van der Waals surface area contributed by atoms with E-state index in [2.05, 4.69) is 67.8 Å². The fourth-order valence-corrected chi connectivity index (χ4v) is 14.5. The van der Waals surface area contributed by atoms with Gasteiger partial charge in [0.2, 0.25) is 0 Å². The van der Waals surface area contributed by atoms with Crippen molar-refractivity contribution in [3.63, 3.8) is 0 Å². The number of rotatable bonds is 8. The van der Waals surface area contributed by atoms with Gasteiger partial charge in [-0.2, -0.15) is 9.97 Å². The average Bonchev–Trinajstić information content (AvgIpc) is 3.56. The number of aromatic nitrogens is 3. The number of aryl methyl sites for hydroxylation is 1. The van der Waals surface area contributed by atoms with Gasteiger partial charge in [-0.25, -0.2) is 18.2 Å². The van der Waals surface area contributed by atoms with Crippen LogP contribution in [0.1, 0.15) is 78.5 Å². The number of phenols is 1. The Labute approximate surface area is 299 Å².